The first-order valence-electron chi connectivity index (χ1n) is 3.44. The molecule has 2 N–H and O–H groups in total. The van der Waals surface area contributed by atoms with Crippen LogP contribution in [-0.2, 0) is 9.47 Å². The van der Waals surface area contributed by atoms with E-state index >= 15 is 0 Å². The first-order valence-corrected chi connectivity index (χ1v) is 3.44. The van der Waals surface area contributed by atoms with Crippen LogP contribution >= 0.6 is 0 Å². The maximum Gasteiger partial charge on any atom is 0.182 e. The van der Waals surface area contributed by atoms with Gasteiger partial charge >= 0.3 is 0 Å². The van der Waals surface area contributed by atoms with Crippen molar-refractivity contribution in [3.63, 3.8) is 0 Å². The number of ether oxygens (including phenoxy) is 2. The van der Waals surface area contributed by atoms with Gasteiger partial charge in [-0.1, -0.05) is 6.58 Å². The Bertz CT molecular complexity index is 145. The lowest BCUT2D eigenvalue weighted by Gasteiger charge is -2.29. The van der Waals surface area contributed by atoms with Gasteiger partial charge in [0.1, 0.15) is 6.10 Å². The Kier molecular flexibility index (Phi) is 3.02. The molecule has 1 aliphatic rings. The van der Waals surface area contributed by atoms with Crippen LogP contribution in [0, 0.1) is 0 Å². The van der Waals surface area contributed by atoms with Gasteiger partial charge in [-0.05, 0) is 0 Å². The van der Waals surface area contributed by atoms with E-state index in [0.717, 1.165) is 5.57 Å². The van der Waals surface area contributed by atoms with Crippen LogP contribution in [0.2, 0.25) is 0 Å². The summed E-state index contributed by atoms with van der Waals surface area (Å²) >= 11 is 0. The summed E-state index contributed by atoms with van der Waals surface area (Å²) < 4.78 is 9.93. The quantitative estimate of drug-likeness (QED) is 0.532. The topological polar surface area (TPSA) is 58.9 Å². The fraction of sp³-hybridized carbons (Fsp3) is 0.714. The van der Waals surface area contributed by atoms with E-state index in [1.165, 1.54) is 0 Å². The van der Waals surface area contributed by atoms with Crippen molar-refractivity contribution >= 4 is 0 Å². The van der Waals surface area contributed by atoms with Crippen molar-refractivity contribution in [3.8, 4) is 0 Å². The highest BCUT2D eigenvalue weighted by Gasteiger charge is 2.24. The van der Waals surface area contributed by atoms with Gasteiger partial charge < -0.3 is 19.7 Å². The highest BCUT2D eigenvalue weighted by atomic mass is 16.7. The molecule has 64 valence electrons. The van der Waals surface area contributed by atoms with Gasteiger partial charge in [0.15, 0.2) is 6.29 Å². The molecule has 2 unspecified atom stereocenters. The Balaban J connectivity index is 2.07. The average Bonchev–Trinajstić information content (AvgIpc) is 2.01. The van der Waals surface area contributed by atoms with Crippen molar-refractivity contribution in [3.05, 3.63) is 12.2 Å². The van der Waals surface area contributed by atoms with Crippen LogP contribution in [0.5, 0.6) is 0 Å². The fourth-order valence-corrected chi connectivity index (χ4v) is 0.686. The number of hydrogen-bond donors (Lipinski definition) is 2. The van der Waals surface area contributed by atoms with Crippen LogP contribution in [-0.4, -0.2) is 42.4 Å². The van der Waals surface area contributed by atoms with Gasteiger partial charge in [0.2, 0.25) is 0 Å². The van der Waals surface area contributed by atoms with Gasteiger partial charge in [-0.15, -0.1) is 0 Å². The number of aliphatic hydroxyl groups excluding tert-OH is 2. The molecule has 0 aromatic carbocycles. The van der Waals surface area contributed by atoms with E-state index in [1.54, 1.807) is 0 Å². The second kappa shape index (κ2) is 3.82. The van der Waals surface area contributed by atoms with Gasteiger partial charge in [-0.2, -0.15) is 0 Å². The van der Waals surface area contributed by atoms with Crippen molar-refractivity contribution in [2.75, 3.05) is 19.8 Å². The molecular weight excluding hydrogens is 148 g/mol. The largest absolute Gasteiger partial charge is 0.394 e. The summed E-state index contributed by atoms with van der Waals surface area (Å²) in [5.41, 5.74) is 0.870. The molecule has 0 aliphatic carbocycles. The molecule has 0 aromatic rings. The SMILES string of the molecule is C=C1COC1OCC(O)CO. The van der Waals surface area contributed by atoms with Crippen LogP contribution < -0.4 is 0 Å². The molecule has 0 bridgehead atoms. The molecule has 11 heavy (non-hydrogen) atoms. The Hall–Kier alpha value is -0.420. The number of aliphatic hydroxyl groups is 2. The van der Waals surface area contributed by atoms with Gasteiger partial charge in [-0.3, -0.25) is 0 Å². The maximum absolute atomic E-state index is 8.85. The predicted octanol–water partition coefficient (Wildman–Crippen LogP) is -0.731. The van der Waals surface area contributed by atoms with Crippen molar-refractivity contribution in [1.29, 1.82) is 0 Å². The maximum atomic E-state index is 8.85. The lowest BCUT2D eigenvalue weighted by atomic mass is 10.2. The van der Waals surface area contributed by atoms with Crippen molar-refractivity contribution in [1.82, 2.24) is 0 Å². The summed E-state index contributed by atoms with van der Waals surface area (Å²) in [6.07, 6.45) is -1.21. The van der Waals surface area contributed by atoms with E-state index in [4.69, 9.17) is 19.7 Å². The molecule has 4 nitrogen and oxygen atoms in total. The molecule has 1 saturated heterocycles. The third-order valence-electron chi connectivity index (χ3n) is 1.40. The molecule has 1 aliphatic heterocycles. The molecule has 0 saturated carbocycles. The average molecular weight is 160 g/mol. The van der Waals surface area contributed by atoms with Crippen LogP contribution in [0.25, 0.3) is 0 Å². The summed E-state index contributed by atoms with van der Waals surface area (Å²) in [7, 11) is 0. The molecular formula is C7H12O4. The van der Waals surface area contributed by atoms with Gasteiger partial charge in [0, 0.05) is 5.57 Å². The molecule has 1 fully saturated rings. The smallest absolute Gasteiger partial charge is 0.182 e. The molecule has 4 heteroatoms. The highest BCUT2D eigenvalue weighted by Crippen LogP contribution is 2.17. The summed E-state index contributed by atoms with van der Waals surface area (Å²) in [6, 6.07) is 0. The Morgan fingerprint density at radius 1 is 1.82 bits per heavy atom. The predicted molar refractivity (Wildman–Crippen MR) is 37.9 cm³/mol. The van der Waals surface area contributed by atoms with E-state index < -0.39 is 6.10 Å². The van der Waals surface area contributed by atoms with Crippen molar-refractivity contribution < 1.29 is 19.7 Å². The highest BCUT2D eigenvalue weighted by molar-refractivity contribution is 5.05. The van der Waals surface area contributed by atoms with Crippen LogP contribution in [0.3, 0.4) is 0 Å². The van der Waals surface area contributed by atoms with E-state index in [9.17, 15) is 0 Å². The summed E-state index contributed by atoms with van der Waals surface area (Å²) in [5, 5.41) is 17.3. The lowest BCUT2D eigenvalue weighted by molar-refractivity contribution is -0.180. The minimum atomic E-state index is -0.827. The van der Waals surface area contributed by atoms with Crippen LogP contribution in [0.1, 0.15) is 0 Å². The minimum absolute atomic E-state index is 0.0835. The second-order valence-corrected chi connectivity index (χ2v) is 2.47. The lowest BCUT2D eigenvalue weighted by Crippen LogP contribution is -2.35. The Morgan fingerprint density at radius 3 is 2.91 bits per heavy atom. The molecule has 0 amide bonds. The standard InChI is InChI=1S/C7H12O4/c1-5-3-10-7(5)11-4-6(9)2-8/h6-9H,1-4H2. The first-order chi connectivity index (χ1) is 5.24. The van der Waals surface area contributed by atoms with E-state index in [2.05, 4.69) is 6.58 Å². The molecule has 0 radical (unpaired) electrons. The zero-order valence-corrected chi connectivity index (χ0v) is 6.19. The van der Waals surface area contributed by atoms with E-state index in [0.29, 0.717) is 6.61 Å². The summed E-state index contributed by atoms with van der Waals surface area (Å²) in [6.45, 7) is 3.97. The van der Waals surface area contributed by atoms with Crippen molar-refractivity contribution in [2.24, 2.45) is 0 Å². The Labute approximate surface area is 65.0 Å². The molecule has 0 spiro atoms. The molecule has 1 heterocycles. The van der Waals surface area contributed by atoms with Crippen molar-refractivity contribution in [2.45, 2.75) is 12.4 Å². The van der Waals surface area contributed by atoms with E-state index in [-0.39, 0.29) is 19.5 Å². The third-order valence-corrected chi connectivity index (χ3v) is 1.40. The van der Waals surface area contributed by atoms with Crippen LogP contribution in [0.15, 0.2) is 12.2 Å². The first kappa shape index (κ1) is 8.67. The summed E-state index contributed by atoms with van der Waals surface area (Å²) in [5.74, 6) is 0. The zero-order valence-electron chi connectivity index (χ0n) is 6.19. The molecule has 2 atom stereocenters. The number of hydrogen-bond acceptors (Lipinski definition) is 4. The van der Waals surface area contributed by atoms with Gasteiger partial charge in [0.25, 0.3) is 0 Å². The zero-order chi connectivity index (χ0) is 8.27. The number of rotatable bonds is 4. The summed E-state index contributed by atoms with van der Waals surface area (Å²) in [4.78, 5) is 0. The third kappa shape index (κ3) is 2.27. The Morgan fingerprint density at radius 2 is 2.55 bits per heavy atom. The van der Waals surface area contributed by atoms with E-state index in [1.807, 2.05) is 0 Å². The van der Waals surface area contributed by atoms with Crippen LogP contribution in [0.4, 0.5) is 0 Å². The minimum Gasteiger partial charge on any atom is -0.394 e. The second-order valence-electron chi connectivity index (χ2n) is 2.47. The van der Waals surface area contributed by atoms with Gasteiger partial charge in [-0.25, -0.2) is 0 Å². The molecule has 1 rings (SSSR count). The monoisotopic (exact) mass is 160 g/mol. The molecule has 0 aromatic heterocycles. The fourth-order valence-electron chi connectivity index (χ4n) is 0.686. The normalized spacial score (nSPS) is 26.4. The van der Waals surface area contributed by atoms with Gasteiger partial charge in [0.05, 0.1) is 19.8 Å².